The first-order chi connectivity index (χ1) is 8.50. The molecule has 18 heavy (non-hydrogen) atoms. The number of carboxylic acid groups (broad SMARTS) is 1. The highest BCUT2D eigenvalue weighted by molar-refractivity contribution is 6.39. The molecule has 0 saturated heterocycles. The van der Waals surface area contributed by atoms with E-state index in [0.717, 1.165) is 12.8 Å². The molecule has 1 aromatic carbocycles. The van der Waals surface area contributed by atoms with E-state index in [9.17, 15) is 9.59 Å². The van der Waals surface area contributed by atoms with Crippen molar-refractivity contribution in [2.24, 2.45) is 5.92 Å². The Hall–Kier alpha value is -1.26. The molecule has 96 valence electrons. The molecule has 2 N–H and O–H groups in total. The number of carbonyl (C=O) groups is 2. The maximum atomic E-state index is 12.0. The average Bonchev–Trinajstić information content (AvgIpc) is 3.09. The molecule has 0 aliphatic heterocycles. The lowest BCUT2D eigenvalue weighted by atomic mass is 10.1. The summed E-state index contributed by atoms with van der Waals surface area (Å²) in [6, 6.07) is 3.83. The summed E-state index contributed by atoms with van der Waals surface area (Å²) in [7, 11) is 0. The van der Waals surface area contributed by atoms with E-state index in [4.69, 9.17) is 28.3 Å². The number of aliphatic carboxylic acids is 1. The molecule has 0 spiro atoms. The van der Waals surface area contributed by atoms with Crippen molar-refractivity contribution in [3.05, 3.63) is 33.8 Å². The van der Waals surface area contributed by atoms with Crippen molar-refractivity contribution in [1.82, 2.24) is 5.32 Å². The van der Waals surface area contributed by atoms with Gasteiger partial charge in [0.1, 0.15) is 6.04 Å². The highest BCUT2D eigenvalue weighted by atomic mass is 35.5. The van der Waals surface area contributed by atoms with Crippen LogP contribution in [0.1, 0.15) is 23.2 Å². The van der Waals surface area contributed by atoms with Gasteiger partial charge in [0.25, 0.3) is 5.91 Å². The van der Waals surface area contributed by atoms with Crippen LogP contribution in [0.2, 0.25) is 10.0 Å². The van der Waals surface area contributed by atoms with E-state index < -0.39 is 17.9 Å². The molecule has 1 unspecified atom stereocenters. The third-order valence-electron chi connectivity index (χ3n) is 2.84. The minimum Gasteiger partial charge on any atom is -0.480 e. The fourth-order valence-corrected chi connectivity index (χ4v) is 2.31. The molecule has 1 aliphatic rings. The predicted octanol–water partition coefficient (Wildman–Crippen LogP) is 2.59. The number of rotatable bonds is 4. The van der Waals surface area contributed by atoms with E-state index in [1.54, 1.807) is 6.07 Å². The van der Waals surface area contributed by atoms with Gasteiger partial charge in [-0.15, -0.1) is 0 Å². The van der Waals surface area contributed by atoms with Gasteiger partial charge in [-0.2, -0.15) is 0 Å². The zero-order valence-electron chi connectivity index (χ0n) is 9.32. The maximum Gasteiger partial charge on any atom is 0.326 e. The Bertz CT molecular complexity index is 480. The van der Waals surface area contributed by atoms with Crippen molar-refractivity contribution in [1.29, 1.82) is 0 Å². The molecular weight excluding hydrogens is 277 g/mol. The van der Waals surface area contributed by atoms with Crippen LogP contribution in [0.25, 0.3) is 0 Å². The van der Waals surface area contributed by atoms with E-state index >= 15 is 0 Å². The number of halogens is 2. The van der Waals surface area contributed by atoms with E-state index in [0.29, 0.717) is 0 Å². The van der Waals surface area contributed by atoms with Gasteiger partial charge in [0.15, 0.2) is 0 Å². The largest absolute Gasteiger partial charge is 0.480 e. The van der Waals surface area contributed by atoms with Gasteiger partial charge in [-0.25, -0.2) is 4.79 Å². The number of benzene rings is 1. The number of hydrogen-bond donors (Lipinski definition) is 2. The van der Waals surface area contributed by atoms with Crippen LogP contribution in [-0.4, -0.2) is 23.0 Å². The molecule has 1 atom stereocenters. The van der Waals surface area contributed by atoms with Gasteiger partial charge in [0.2, 0.25) is 0 Å². The van der Waals surface area contributed by atoms with Crippen LogP contribution >= 0.6 is 23.2 Å². The van der Waals surface area contributed by atoms with Gasteiger partial charge in [0.05, 0.1) is 15.6 Å². The highest BCUT2D eigenvalue weighted by Crippen LogP contribution is 2.33. The lowest BCUT2D eigenvalue weighted by Crippen LogP contribution is -2.42. The third kappa shape index (κ3) is 2.76. The first-order valence-corrected chi connectivity index (χ1v) is 6.24. The molecule has 0 aromatic heterocycles. The quantitative estimate of drug-likeness (QED) is 0.895. The second-order valence-electron chi connectivity index (χ2n) is 4.22. The Labute approximate surface area is 114 Å². The fraction of sp³-hybridized carbons (Fsp3) is 0.333. The molecule has 2 rings (SSSR count). The Morgan fingerprint density at radius 1 is 1.28 bits per heavy atom. The smallest absolute Gasteiger partial charge is 0.326 e. The van der Waals surface area contributed by atoms with Crippen LogP contribution in [0.4, 0.5) is 0 Å². The lowest BCUT2D eigenvalue weighted by Gasteiger charge is -2.14. The summed E-state index contributed by atoms with van der Waals surface area (Å²) in [6.45, 7) is 0. The zero-order valence-corrected chi connectivity index (χ0v) is 10.8. The number of amides is 1. The van der Waals surface area contributed by atoms with Crippen molar-refractivity contribution < 1.29 is 14.7 Å². The standard InChI is InChI=1S/C12H11Cl2NO3/c13-7-2-1-3-8(14)9(7)11(16)15-10(12(17)18)6-4-5-6/h1-3,6,10H,4-5H2,(H,15,16)(H,17,18). The highest BCUT2D eigenvalue weighted by Gasteiger charge is 2.37. The number of hydrogen-bond acceptors (Lipinski definition) is 2. The first kappa shape index (κ1) is 13.2. The normalized spacial score (nSPS) is 16.1. The molecular formula is C12H11Cl2NO3. The monoisotopic (exact) mass is 287 g/mol. The summed E-state index contributed by atoms with van der Waals surface area (Å²) in [5.41, 5.74) is 0.118. The van der Waals surface area contributed by atoms with Gasteiger partial charge in [0, 0.05) is 0 Å². The molecule has 6 heteroatoms. The molecule has 4 nitrogen and oxygen atoms in total. The molecule has 1 saturated carbocycles. The summed E-state index contributed by atoms with van der Waals surface area (Å²) in [5.74, 6) is -1.58. The average molecular weight is 288 g/mol. The molecule has 0 radical (unpaired) electrons. The number of carbonyl (C=O) groups excluding carboxylic acids is 1. The van der Waals surface area contributed by atoms with Crippen LogP contribution in [-0.2, 0) is 4.79 Å². The number of nitrogens with one attached hydrogen (secondary N) is 1. The molecule has 1 aromatic rings. The molecule has 1 fully saturated rings. The Morgan fingerprint density at radius 3 is 2.28 bits per heavy atom. The molecule has 0 heterocycles. The minimum absolute atomic E-state index is 0.00714. The van der Waals surface area contributed by atoms with Gasteiger partial charge >= 0.3 is 5.97 Å². The first-order valence-electron chi connectivity index (χ1n) is 5.48. The maximum absolute atomic E-state index is 12.0. The second kappa shape index (κ2) is 5.16. The number of carboxylic acids is 1. The lowest BCUT2D eigenvalue weighted by molar-refractivity contribution is -0.139. The predicted molar refractivity (Wildman–Crippen MR) is 68.1 cm³/mol. The van der Waals surface area contributed by atoms with Crippen molar-refractivity contribution in [2.45, 2.75) is 18.9 Å². The van der Waals surface area contributed by atoms with Crippen LogP contribution in [0, 0.1) is 5.92 Å². The Morgan fingerprint density at radius 2 is 1.83 bits per heavy atom. The van der Waals surface area contributed by atoms with E-state index in [-0.39, 0.29) is 21.5 Å². The second-order valence-corrected chi connectivity index (χ2v) is 5.04. The molecule has 0 bridgehead atoms. The topological polar surface area (TPSA) is 66.4 Å². The summed E-state index contributed by atoms with van der Waals surface area (Å²) in [5, 5.41) is 11.9. The van der Waals surface area contributed by atoms with Gasteiger partial charge in [-0.3, -0.25) is 4.79 Å². The van der Waals surface area contributed by atoms with Crippen molar-refractivity contribution in [3.63, 3.8) is 0 Å². The van der Waals surface area contributed by atoms with E-state index in [2.05, 4.69) is 5.32 Å². The Kier molecular flexibility index (Phi) is 3.78. The van der Waals surface area contributed by atoms with Crippen molar-refractivity contribution in [3.8, 4) is 0 Å². The van der Waals surface area contributed by atoms with Crippen LogP contribution < -0.4 is 5.32 Å². The van der Waals surface area contributed by atoms with Crippen LogP contribution in [0.15, 0.2) is 18.2 Å². The summed E-state index contributed by atoms with van der Waals surface area (Å²) in [4.78, 5) is 23.0. The van der Waals surface area contributed by atoms with Gasteiger partial charge in [-0.1, -0.05) is 29.3 Å². The van der Waals surface area contributed by atoms with Gasteiger partial charge < -0.3 is 10.4 Å². The fourth-order valence-electron chi connectivity index (χ4n) is 1.74. The molecule has 1 aliphatic carbocycles. The van der Waals surface area contributed by atoms with Crippen molar-refractivity contribution in [2.75, 3.05) is 0 Å². The van der Waals surface area contributed by atoms with Gasteiger partial charge in [-0.05, 0) is 30.9 Å². The van der Waals surface area contributed by atoms with Crippen molar-refractivity contribution >= 4 is 35.1 Å². The SMILES string of the molecule is O=C(NC(C(=O)O)C1CC1)c1c(Cl)cccc1Cl. The summed E-state index contributed by atoms with van der Waals surface area (Å²) >= 11 is 11.8. The summed E-state index contributed by atoms with van der Waals surface area (Å²) in [6.07, 6.45) is 1.63. The van der Waals surface area contributed by atoms with Crippen LogP contribution in [0.3, 0.4) is 0 Å². The minimum atomic E-state index is -1.03. The third-order valence-corrected chi connectivity index (χ3v) is 3.47. The van der Waals surface area contributed by atoms with E-state index in [1.165, 1.54) is 12.1 Å². The zero-order chi connectivity index (χ0) is 13.3. The summed E-state index contributed by atoms with van der Waals surface area (Å²) < 4.78 is 0. The van der Waals surface area contributed by atoms with E-state index in [1.807, 2.05) is 0 Å². The van der Waals surface area contributed by atoms with Crippen LogP contribution in [0.5, 0.6) is 0 Å². The Balaban J connectivity index is 2.18. The molecule has 1 amide bonds.